The minimum Gasteiger partial charge on any atom is -0.389 e. The summed E-state index contributed by atoms with van der Waals surface area (Å²) in [7, 11) is 1.64. The van der Waals surface area contributed by atoms with E-state index in [1.165, 1.54) is 38.5 Å². The van der Waals surface area contributed by atoms with E-state index >= 15 is 0 Å². The third-order valence-corrected chi connectivity index (χ3v) is 5.02. The SMILES string of the molecule is COCC(O)CN1CCC(NC(C)C2CCCC2)CC1. The molecule has 1 aliphatic carbocycles. The highest BCUT2D eigenvalue weighted by molar-refractivity contribution is 4.84. The van der Waals surface area contributed by atoms with E-state index in [-0.39, 0.29) is 6.10 Å². The zero-order chi connectivity index (χ0) is 14.4. The molecule has 0 aromatic heterocycles. The lowest BCUT2D eigenvalue weighted by Gasteiger charge is -2.35. The fourth-order valence-electron chi connectivity index (χ4n) is 3.79. The Morgan fingerprint density at radius 3 is 2.45 bits per heavy atom. The van der Waals surface area contributed by atoms with Crippen LogP contribution in [-0.4, -0.2) is 61.5 Å². The Morgan fingerprint density at radius 1 is 1.20 bits per heavy atom. The fourth-order valence-corrected chi connectivity index (χ4v) is 3.79. The lowest BCUT2D eigenvalue weighted by molar-refractivity contribution is 0.0305. The molecule has 2 aliphatic rings. The van der Waals surface area contributed by atoms with E-state index < -0.39 is 0 Å². The molecule has 1 saturated heterocycles. The van der Waals surface area contributed by atoms with Gasteiger partial charge in [0, 0.05) is 25.7 Å². The Morgan fingerprint density at radius 2 is 1.85 bits per heavy atom. The van der Waals surface area contributed by atoms with Crippen LogP contribution in [0, 0.1) is 5.92 Å². The molecule has 118 valence electrons. The second-order valence-corrected chi connectivity index (χ2v) is 6.68. The molecular formula is C16H32N2O2. The number of nitrogens with one attached hydrogen (secondary N) is 1. The van der Waals surface area contributed by atoms with Gasteiger partial charge < -0.3 is 20.1 Å². The van der Waals surface area contributed by atoms with E-state index in [1.54, 1.807) is 7.11 Å². The van der Waals surface area contributed by atoms with Crippen LogP contribution < -0.4 is 5.32 Å². The summed E-state index contributed by atoms with van der Waals surface area (Å²) in [5.74, 6) is 0.900. The number of likely N-dealkylation sites (tertiary alicyclic amines) is 1. The standard InChI is InChI=1S/C16H32N2O2/c1-13(14-5-3-4-6-14)17-15-7-9-18(10-8-15)11-16(19)12-20-2/h13-17,19H,3-12H2,1-2H3. The Kier molecular flexibility index (Phi) is 6.75. The third kappa shape index (κ3) is 4.99. The maximum atomic E-state index is 9.77. The normalized spacial score (nSPS) is 25.9. The summed E-state index contributed by atoms with van der Waals surface area (Å²) in [6.45, 7) is 5.74. The monoisotopic (exact) mass is 284 g/mol. The van der Waals surface area contributed by atoms with E-state index in [0.717, 1.165) is 25.6 Å². The molecule has 2 atom stereocenters. The molecule has 1 aliphatic heterocycles. The van der Waals surface area contributed by atoms with E-state index in [9.17, 15) is 5.11 Å². The van der Waals surface area contributed by atoms with Gasteiger partial charge in [0.05, 0.1) is 12.7 Å². The number of ether oxygens (including phenoxy) is 1. The predicted molar refractivity (Wildman–Crippen MR) is 81.9 cm³/mol. The van der Waals surface area contributed by atoms with Gasteiger partial charge in [-0.15, -0.1) is 0 Å². The van der Waals surface area contributed by atoms with Crippen molar-refractivity contribution in [1.82, 2.24) is 10.2 Å². The number of nitrogens with zero attached hydrogens (tertiary/aromatic N) is 1. The molecule has 0 aromatic rings. The van der Waals surface area contributed by atoms with Crippen molar-refractivity contribution in [3.63, 3.8) is 0 Å². The average molecular weight is 284 g/mol. The van der Waals surface area contributed by atoms with Crippen molar-refractivity contribution < 1.29 is 9.84 Å². The molecule has 2 unspecified atom stereocenters. The van der Waals surface area contributed by atoms with Crippen molar-refractivity contribution in [1.29, 1.82) is 0 Å². The van der Waals surface area contributed by atoms with Gasteiger partial charge in [-0.1, -0.05) is 12.8 Å². The summed E-state index contributed by atoms with van der Waals surface area (Å²) >= 11 is 0. The van der Waals surface area contributed by atoms with Crippen LogP contribution in [0.15, 0.2) is 0 Å². The van der Waals surface area contributed by atoms with E-state index in [0.29, 0.717) is 18.7 Å². The molecule has 2 rings (SSSR count). The van der Waals surface area contributed by atoms with Crippen molar-refractivity contribution >= 4 is 0 Å². The first kappa shape index (κ1) is 16.2. The molecule has 0 spiro atoms. The summed E-state index contributed by atoms with van der Waals surface area (Å²) in [6.07, 6.45) is 7.74. The quantitative estimate of drug-likeness (QED) is 0.746. The molecule has 4 nitrogen and oxygen atoms in total. The summed E-state index contributed by atoms with van der Waals surface area (Å²) in [5, 5.41) is 13.6. The van der Waals surface area contributed by atoms with E-state index in [1.807, 2.05) is 0 Å². The number of β-amino-alcohol motifs (C(OH)–C–C–N with tert-alkyl or cyclic N) is 1. The van der Waals surface area contributed by atoms with Crippen LogP contribution in [0.5, 0.6) is 0 Å². The Bertz CT molecular complexity index is 261. The van der Waals surface area contributed by atoms with E-state index in [4.69, 9.17) is 4.74 Å². The smallest absolute Gasteiger partial charge is 0.0900 e. The molecular weight excluding hydrogens is 252 g/mol. The number of aliphatic hydroxyl groups excluding tert-OH is 1. The van der Waals surface area contributed by atoms with Crippen LogP contribution in [0.25, 0.3) is 0 Å². The highest BCUT2D eigenvalue weighted by Crippen LogP contribution is 2.28. The summed E-state index contributed by atoms with van der Waals surface area (Å²) in [4.78, 5) is 2.36. The van der Waals surface area contributed by atoms with Gasteiger partial charge in [-0.05, 0) is 51.6 Å². The largest absolute Gasteiger partial charge is 0.389 e. The third-order valence-electron chi connectivity index (χ3n) is 5.02. The second kappa shape index (κ2) is 8.32. The van der Waals surface area contributed by atoms with Crippen molar-refractivity contribution in [2.24, 2.45) is 5.92 Å². The first-order valence-corrected chi connectivity index (χ1v) is 8.34. The minimum absolute atomic E-state index is 0.345. The van der Waals surface area contributed by atoms with Gasteiger partial charge >= 0.3 is 0 Å². The molecule has 0 amide bonds. The van der Waals surface area contributed by atoms with Gasteiger partial charge in [0.15, 0.2) is 0 Å². The summed E-state index contributed by atoms with van der Waals surface area (Å²) in [6, 6.07) is 1.34. The number of piperidine rings is 1. The Balaban J connectivity index is 1.63. The predicted octanol–water partition coefficient (Wildman–Crippen LogP) is 1.63. The summed E-state index contributed by atoms with van der Waals surface area (Å²) in [5.41, 5.74) is 0. The number of hydrogen-bond acceptors (Lipinski definition) is 4. The van der Waals surface area contributed by atoms with Gasteiger partial charge in [0.25, 0.3) is 0 Å². The van der Waals surface area contributed by atoms with Crippen LogP contribution >= 0.6 is 0 Å². The molecule has 1 saturated carbocycles. The minimum atomic E-state index is -0.345. The number of hydrogen-bond donors (Lipinski definition) is 2. The lowest BCUT2D eigenvalue weighted by Crippen LogP contribution is -2.48. The van der Waals surface area contributed by atoms with Crippen molar-refractivity contribution in [3.05, 3.63) is 0 Å². The average Bonchev–Trinajstić information content (AvgIpc) is 2.95. The van der Waals surface area contributed by atoms with Crippen LogP contribution in [0.2, 0.25) is 0 Å². The first-order chi connectivity index (χ1) is 9.69. The molecule has 1 heterocycles. The maximum Gasteiger partial charge on any atom is 0.0900 e. The van der Waals surface area contributed by atoms with Crippen molar-refractivity contribution in [2.45, 2.75) is 63.6 Å². The fraction of sp³-hybridized carbons (Fsp3) is 1.00. The molecule has 0 radical (unpaired) electrons. The topological polar surface area (TPSA) is 44.7 Å². The van der Waals surface area contributed by atoms with Gasteiger partial charge in [0.2, 0.25) is 0 Å². The van der Waals surface area contributed by atoms with Gasteiger partial charge in [-0.25, -0.2) is 0 Å². The Labute approximate surface area is 123 Å². The molecule has 2 fully saturated rings. The van der Waals surface area contributed by atoms with Crippen LogP contribution in [0.3, 0.4) is 0 Å². The highest BCUT2D eigenvalue weighted by atomic mass is 16.5. The van der Waals surface area contributed by atoms with Crippen LogP contribution in [0.4, 0.5) is 0 Å². The molecule has 4 heteroatoms. The van der Waals surface area contributed by atoms with Gasteiger partial charge in [-0.2, -0.15) is 0 Å². The van der Waals surface area contributed by atoms with Gasteiger partial charge in [-0.3, -0.25) is 0 Å². The number of aliphatic hydroxyl groups is 1. The summed E-state index contributed by atoms with van der Waals surface area (Å²) < 4.78 is 4.99. The number of methoxy groups -OCH3 is 1. The van der Waals surface area contributed by atoms with Crippen molar-refractivity contribution in [3.8, 4) is 0 Å². The zero-order valence-electron chi connectivity index (χ0n) is 13.2. The zero-order valence-corrected chi connectivity index (χ0v) is 13.2. The number of rotatable bonds is 7. The van der Waals surface area contributed by atoms with Crippen LogP contribution in [0.1, 0.15) is 45.4 Å². The molecule has 20 heavy (non-hydrogen) atoms. The lowest BCUT2D eigenvalue weighted by atomic mass is 9.96. The van der Waals surface area contributed by atoms with Crippen LogP contribution in [-0.2, 0) is 4.74 Å². The van der Waals surface area contributed by atoms with Crippen molar-refractivity contribution in [2.75, 3.05) is 33.4 Å². The second-order valence-electron chi connectivity index (χ2n) is 6.68. The molecule has 2 N–H and O–H groups in total. The Hall–Kier alpha value is -0.160. The molecule has 0 aromatic carbocycles. The highest BCUT2D eigenvalue weighted by Gasteiger charge is 2.26. The maximum absolute atomic E-state index is 9.77. The van der Waals surface area contributed by atoms with Gasteiger partial charge in [0.1, 0.15) is 0 Å². The van der Waals surface area contributed by atoms with E-state index in [2.05, 4.69) is 17.1 Å². The molecule has 0 bridgehead atoms. The first-order valence-electron chi connectivity index (χ1n) is 8.34.